The average molecular weight is 257 g/mol. The second-order valence-corrected chi connectivity index (χ2v) is 5.57. The van der Waals surface area contributed by atoms with Crippen LogP contribution in [0, 0.1) is 12.3 Å². The first-order valence-electron chi connectivity index (χ1n) is 7.26. The lowest BCUT2D eigenvalue weighted by Gasteiger charge is -2.54. The number of carbonyl (C=O) groups excluding carboxylic acids is 1. The molecule has 19 heavy (non-hydrogen) atoms. The fraction of sp³-hybridized carbons (Fsp3) is 0.588. The molecule has 0 aromatic rings. The van der Waals surface area contributed by atoms with Crippen molar-refractivity contribution < 1.29 is 4.79 Å². The summed E-state index contributed by atoms with van der Waals surface area (Å²) in [5.74, 6) is 2.91. The molecule has 0 spiro atoms. The van der Waals surface area contributed by atoms with E-state index in [0.717, 1.165) is 31.4 Å². The van der Waals surface area contributed by atoms with Crippen molar-refractivity contribution in [2.24, 2.45) is 0 Å². The van der Waals surface area contributed by atoms with Crippen molar-refractivity contribution in [2.75, 3.05) is 6.54 Å². The van der Waals surface area contributed by atoms with E-state index in [4.69, 9.17) is 6.42 Å². The maximum Gasteiger partial charge on any atom is 0.157 e. The molecule has 0 N–H and O–H groups in total. The molecule has 1 aliphatic carbocycles. The van der Waals surface area contributed by atoms with Crippen LogP contribution in [0.2, 0.25) is 0 Å². The van der Waals surface area contributed by atoms with Gasteiger partial charge in [0, 0.05) is 19.0 Å². The third-order valence-corrected chi connectivity index (χ3v) is 4.61. The highest BCUT2D eigenvalue weighted by molar-refractivity contribution is 5.93. The van der Waals surface area contributed by atoms with Gasteiger partial charge in [-0.2, -0.15) is 0 Å². The number of hydrogen-bond acceptors (Lipinski definition) is 2. The van der Waals surface area contributed by atoms with Crippen LogP contribution in [0.15, 0.2) is 23.8 Å². The van der Waals surface area contributed by atoms with E-state index in [1.165, 1.54) is 6.42 Å². The molecule has 0 aromatic heterocycles. The summed E-state index contributed by atoms with van der Waals surface area (Å²) in [4.78, 5) is 15.1. The van der Waals surface area contributed by atoms with E-state index in [2.05, 4.69) is 23.8 Å². The van der Waals surface area contributed by atoms with E-state index in [-0.39, 0.29) is 0 Å². The zero-order valence-corrected chi connectivity index (χ0v) is 12.0. The molecule has 2 rings (SSSR count). The highest BCUT2D eigenvalue weighted by atomic mass is 16.1. The van der Waals surface area contributed by atoms with Crippen LogP contribution >= 0.6 is 0 Å². The van der Waals surface area contributed by atoms with Crippen molar-refractivity contribution >= 4 is 5.78 Å². The largest absolute Gasteiger partial charge is 0.297 e. The number of rotatable bonds is 3. The van der Waals surface area contributed by atoms with Gasteiger partial charge in [0.15, 0.2) is 5.78 Å². The van der Waals surface area contributed by atoms with Gasteiger partial charge in [-0.25, -0.2) is 0 Å². The molecule has 0 bridgehead atoms. The van der Waals surface area contributed by atoms with Gasteiger partial charge in [0.1, 0.15) is 5.54 Å². The third-order valence-electron chi connectivity index (χ3n) is 4.61. The number of carbonyl (C=O) groups is 1. The van der Waals surface area contributed by atoms with Crippen molar-refractivity contribution in [2.45, 2.75) is 57.5 Å². The van der Waals surface area contributed by atoms with Crippen molar-refractivity contribution in [3.63, 3.8) is 0 Å². The van der Waals surface area contributed by atoms with Gasteiger partial charge in [-0.1, -0.05) is 18.4 Å². The quantitative estimate of drug-likeness (QED) is 0.572. The predicted molar refractivity (Wildman–Crippen MR) is 78.7 cm³/mol. The van der Waals surface area contributed by atoms with Crippen LogP contribution in [-0.4, -0.2) is 28.8 Å². The molecule has 2 nitrogen and oxygen atoms in total. The second kappa shape index (κ2) is 5.75. The Morgan fingerprint density at radius 3 is 2.79 bits per heavy atom. The predicted octanol–water partition coefficient (Wildman–Crippen LogP) is 3.10. The zero-order valence-electron chi connectivity index (χ0n) is 12.0. The minimum atomic E-state index is -0.405. The molecule has 0 radical (unpaired) electrons. The maximum absolute atomic E-state index is 12.7. The summed E-state index contributed by atoms with van der Waals surface area (Å²) in [7, 11) is 0. The summed E-state index contributed by atoms with van der Waals surface area (Å²) < 4.78 is 0. The lowest BCUT2D eigenvalue weighted by molar-refractivity contribution is -0.137. The molecule has 1 saturated carbocycles. The molecule has 0 amide bonds. The summed E-state index contributed by atoms with van der Waals surface area (Å²) >= 11 is 0. The summed E-state index contributed by atoms with van der Waals surface area (Å²) in [6.07, 6.45) is 16.0. The smallest absolute Gasteiger partial charge is 0.157 e. The number of nitrogens with zero attached hydrogens (tertiary/aromatic N) is 1. The van der Waals surface area contributed by atoms with Crippen molar-refractivity contribution in [1.82, 2.24) is 4.90 Å². The number of Topliss-reactive ketones (excluding diaryl/α,β-unsaturated/α-hetero) is 1. The lowest BCUT2D eigenvalue weighted by Crippen LogP contribution is -2.65. The Morgan fingerprint density at radius 2 is 2.32 bits per heavy atom. The highest BCUT2D eigenvalue weighted by Crippen LogP contribution is 2.42. The lowest BCUT2D eigenvalue weighted by atomic mass is 9.71. The fourth-order valence-electron chi connectivity index (χ4n) is 3.48. The van der Waals surface area contributed by atoms with Crippen LogP contribution < -0.4 is 0 Å². The minimum absolute atomic E-state index is 0.375. The molecule has 1 saturated heterocycles. The number of hydrogen-bond donors (Lipinski definition) is 0. The molecule has 2 fully saturated rings. The van der Waals surface area contributed by atoms with E-state index in [0.29, 0.717) is 18.2 Å². The van der Waals surface area contributed by atoms with Crippen LogP contribution in [0.1, 0.15) is 46.0 Å². The highest BCUT2D eigenvalue weighted by Gasteiger charge is 2.50. The van der Waals surface area contributed by atoms with Crippen molar-refractivity contribution in [1.29, 1.82) is 0 Å². The molecule has 2 aliphatic rings. The van der Waals surface area contributed by atoms with Crippen LogP contribution in [-0.2, 0) is 4.79 Å². The van der Waals surface area contributed by atoms with Gasteiger partial charge in [-0.15, -0.1) is 6.42 Å². The molecule has 2 unspecified atom stereocenters. The Bertz CT molecular complexity index is 454. The van der Waals surface area contributed by atoms with Crippen LogP contribution in [0.25, 0.3) is 0 Å². The van der Waals surface area contributed by atoms with Crippen molar-refractivity contribution in [3.05, 3.63) is 23.8 Å². The number of allylic oxidation sites excluding steroid dienone is 2. The first kappa shape index (κ1) is 14.1. The molecule has 2 atom stereocenters. The fourth-order valence-corrected chi connectivity index (χ4v) is 3.48. The summed E-state index contributed by atoms with van der Waals surface area (Å²) in [6, 6.07) is 0.497. The summed E-state index contributed by atoms with van der Waals surface area (Å²) in [6.45, 7) is 5.24. The first-order chi connectivity index (χ1) is 9.16. The zero-order chi connectivity index (χ0) is 13.9. The summed E-state index contributed by atoms with van der Waals surface area (Å²) in [5.41, 5.74) is 0.680. The maximum atomic E-state index is 12.7. The van der Waals surface area contributed by atoms with E-state index in [1.807, 2.05) is 13.0 Å². The molecule has 2 heteroatoms. The Morgan fingerprint density at radius 1 is 1.53 bits per heavy atom. The Kier molecular flexibility index (Phi) is 4.27. The van der Waals surface area contributed by atoms with E-state index in [1.54, 1.807) is 6.08 Å². The van der Waals surface area contributed by atoms with Gasteiger partial charge in [-0.05, 0) is 50.8 Å². The normalized spacial score (nSPS) is 33.2. The van der Waals surface area contributed by atoms with E-state index >= 15 is 0 Å². The van der Waals surface area contributed by atoms with Gasteiger partial charge in [0.2, 0.25) is 0 Å². The minimum Gasteiger partial charge on any atom is -0.297 e. The Balaban J connectivity index is 2.41. The van der Waals surface area contributed by atoms with Gasteiger partial charge >= 0.3 is 0 Å². The molecule has 1 heterocycles. The summed E-state index contributed by atoms with van der Waals surface area (Å²) in [5, 5.41) is 0. The topological polar surface area (TPSA) is 20.3 Å². The van der Waals surface area contributed by atoms with Gasteiger partial charge in [0.25, 0.3) is 0 Å². The Labute approximate surface area is 116 Å². The standard InChI is InChI=1S/C17H23NO/c1-4-6-9-15(5-2)17(18-13-11-14(18)3)12-8-7-10-16(17)19/h1,5-6,9,14H,7-8,10-13H2,2-3H3/b9-6-,15-5+. The molecular weight excluding hydrogens is 234 g/mol. The second-order valence-electron chi connectivity index (χ2n) is 5.57. The average Bonchev–Trinajstić information content (AvgIpc) is 2.41. The van der Waals surface area contributed by atoms with Crippen molar-refractivity contribution in [3.8, 4) is 12.3 Å². The monoisotopic (exact) mass is 257 g/mol. The van der Waals surface area contributed by atoms with E-state index < -0.39 is 5.54 Å². The number of ketones is 1. The van der Waals surface area contributed by atoms with E-state index in [9.17, 15) is 4.79 Å². The van der Waals surface area contributed by atoms with Crippen LogP contribution in [0.4, 0.5) is 0 Å². The van der Waals surface area contributed by atoms with Crippen LogP contribution in [0.5, 0.6) is 0 Å². The SMILES string of the molecule is C#C/C=C\C(=C/C)C1(N2CCC2C)CCCCC1=O. The molecular formula is C17H23NO. The third kappa shape index (κ3) is 2.28. The van der Waals surface area contributed by atoms with Crippen LogP contribution in [0.3, 0.4) is 0 Å². The Hall–Kier alpha value is -1.33. The first-order valence-corrected chi connectivity index (χ1v) is 7.26. The van der Waals surface area contributed by atoms with Gasteiger partial charge in [0.05, 0.1) is 0 Å². The van der Waals surface area contributed by atoms with Gasteiger partial charge < -0.3 is 0 Å². The number of terminal acetylenes is 1. The molecule has 1 aliphatic heterocycles. The number of likely N-dealkylation sites (tertiary alicyclic amines) is 1. The van der Waals surface area contributed by atoms with Gasteiger partial charge in [-0.3, -0.25) is 9.69 Å². The molecule has 0 aromatic carbocycles. The molecule has 102 valence electrons.